The van der Waals surface area contributed by atoms with Crippen LogP contribution in [0.15, 0.2) is 60.8 Å². The van der Waals surface area contributed by atoms with Crippen molar-refractivity contribution in [3.8, 4) is 11.4 Å². The Morgan fingerprint density at radius 1 is 0.960 bits per heavy atom. The zero-order valence-electron chi connectivity index (χ0n) is 14.3. The number of nitrogens with zero attached hydrogens (tertiary/aromatic N) is 2. The van der Waals surface area contributed by atoms with Gasteiger partial charge in [0.2, 0.25) is 0 Å². The molecule has 2 N–H and O–H groups in total. The van der Waals surface area contributed by atoms with Crippen molar-refractivity contribution >= 4 is 11.7 Å². The van der Waals surface area contributed by atoms with Gasteiger partial charge >= 0.3 is 6.03 Å². The summed E-state index contributed by atoms with van der Waals surface area (Å²) < 4.78 is 0. The molecule has 0 aliphatic heterocycles. The lowest BCUT2D eigenvalue weighted by Gasteiger charge is -2.09. The number of rotatable bonds is 4. The highest BCUT2D eigenvalue weighted by Gasteiger charge is 2.04. The Morgan fingerprint density at radius 3 is 2.36 bits per heavy atom. The van der Waals surface area contributed by atoms with E-state index in [1.807, 2.05) is 68.4 Å². The second-order valence-electron chi connectivity index (χ2n) is 5.89. The molecule has 0 fully saturated rings. The predicted molar refractivity (Wildman–Crippen MR) is 99.2 cm³/mol. The molecular weight excluding hydrogens is 312 g/mol. The molecule has 0 saturated carbocycles. The monoisotopic (exact) mass is 332 g/mol. The van der Waals surface area contributed by atoms with Gasteiger partial charge in [-0.1, -0.05) is 29.8 Å². The molecule has 5 heteroatoms. The van der Waals surface area contributed by atoms with Crippen LogP contribution >= 0.6 is 0 Å². The zero-order chi connectivity index (χ0) is 17.6. The van der Waals surface area contributed by atoms with Gasteiger partial charge in [0.15, 0.2) is 5.82 Å². The van der Waals surface area contributed by atoms with Gasteiger partial charge in [0.05, 0.1) is 0 Å². The molecule has 0 atom stereocenters. The number of hydrogen-bond acceptors (Lipinski definition) is 3. The fourth-order valence-electron chi connectivity index (χ4n) is 2.35. The van der Waals surface area contributed by atoms with E-state index in [0.29, 0.717) is 12.4 Å². The van der Waals surface area contributed by atoms with Crippen LogP contribution in [0.5, 0.6) is 0 Å². The first-order valence-corrected chi connectivity index (χ1v) is 8.10. The van der Waals surface area contributed by atoms with E-state index in [2.05, 4.69) is 20.6 Å². The Bertz CT molecular complexity index is 858. The summed E-state index contributed by atoms with van der Waals surface area (Å²) in [5.74, 6) is 0.676. The summed E-state index contributed by atoms with van der Waals surface area (Å²) in [7, 11) is 0. The topological polar surface area (TPSA) is 66.9 Å². The first-order valence-electron chi connectivity index (χ1n) is 8.10. The van der Waals surface area contributed by atoms with Gasteiger partial charge in [0, 0.05) is 29.7 Å². The molecule has 1 heterocycles. The molecular formula is C20H20N4O. The van der Waals surface area contributed by atoms with Gasteiger partial charge in [0.1, 0.15) is 0 Å². The minimum absolute atomic E-state index is 0.236. The summed E-state index contributed by atoms with van der Waals surface area (Å²) >= 11 is 0. The second-order valence-corrected chi connectivity index (χ2v) is 5.89. The van der Waals surface area contributed by atoms with E-state index in [-0.39, 0.29) is 6.03 Å². The fourth-order valence-corrected chi connectivity index (χ4v) is 2.35. The van der Waals surface area contributed by atoms with Crippen molar-refractivity contribution in [3.05, 3.63) is 77.6 Å². The standard InChI is InChI=1S/C20H20N4O/c1-14-3-5-16(6-4-14)13-22-20(25)24-18-9-7-17(8-10-18)19-21-12-11-15(2)23-19/h3-12H,13H2,1-2H3,(H2,22,24,25). The Labute approximate surface area is 147 Å². The van der Waals surface area contributed by atoms with E-state index < -0.39 is 0 Å². The number of nitrogens with one attached hydrogen (secondary N) is 2. The third-order valence-corrected chi connectivity index (χ3v) is 3.77. The van der Waals surface area contributed by atoms with Gasteiger partial charge in [-0.25, -0.2) is 14.8 Å². The highest BCUT2D eigenvalue weighted by molar-refractivity contribution is 5.89. The van der Waals surface area contributed by atoms with Gasteiger partial charge in [0.25, 0.3) is 0 Å². The van der Waals surface area contributed by atoms with Crippen LogP contribution in [0.1, 0.15) is 16.8 Å². The van der Waals surface area contributed by atoms with Crippen molar-refractivity contribution in [1.29, 1.82) is 0 Å². The second kappa shape index (κ2) is 7.57. The molecule has 2 amide bonds. The molecule has 0 bridgehead atoms. The Kier molecular flexibility index (Phi) is 5.04. The van der Waals surface area contributed by atoms with Crippen LogP contribution in [0, 0.1) is 13.8 Å². The SMILES string of the molecule is Cc1ccc(CNC(=O)Nc2ccc(-c3nccc(C)n3)cc2)cc1. The number of amides is 2. The summed E-state index contributed by atoms with van der Waals surface area (Å²) in [5, 5.41) is 5.67. The van der Waals surface area contributed by atoms with Gasteiger partial charge in [-0.3, -0.25) is 0 Å². The third-order valence-electron chi connectivity index (χ3n) is 3.77. The molecule has 25 heavy (non-hydrogen) atoms. The number of benzene rings is 2. The molecule has 0 aliphatic carbocycles. The summed E-state index contributed by atoms with van der Waals surface area (Å²) in [6, 6.07) is 17.2. The van der Waals surface area contributed by atoms with E-state index in [4.69, 9.17) is 0 Å². The molecule has 0 saturated heterocycles. The van der Waals surface area contributed by atoms with Crippen LogP contribution in [0.4, 0.5) is 10.5 Å². The molecule has 2 aromatic carbocycles. The van der Waals surface area contributed by atoms with Crippen molar-refractivity contribution < 1.29 is 4.79 Å². The summed E-state index contributed by atoms with van der Waals surface area (Å²) in [5.41, 5.74) is 4.81. The smallest absolute Gasteiger partial charge is 0.319 e. The van der Waals surface area contributed by atoms with Gasteiger partial charge in [-0.15, -0.1) is 0 Å². The molecule has 0 spiro atoms. The number of aromatic nitrogens is 2. The Balaban J connectivity index is 1.57. The highest BCUT2D eigenvalue weighted by Crippen LogP contribution is 2.17. The van der Waals surface area contributed by atoms with Crippen LogP contribution in [0.2, 0.25) is 0 Å². The van der Waals surface area contributed by atoms with Crippen molar-refractivity contribution in [2.45, 2.75) is 20.4 Å². The van der Waals surface area contributed by atoms with Crippen molar-refractivity contribution in [3.63, 3.8) is 0 Å². The van der Waals surface area contributed by atoms with Crippen LogP contribution in [0.3, 0.4) is 0 Å². The fraction of sp³-hybridized carbons (Fsp3) is 0.150. The summed E-state index contributed by atoms with van der Waals surface area (Å²) in [6.07, 6.45) is 1.74. The average Bonchev–Trinajstić information content (AvgIpc) is 2.62. The third kappa shape index (κ3) is 4.64. The molecule has 126 valence electrons. The van der Waals surface area contributed by atoms with Crippen molar-refractivity contribution in [1.82, 2.24) is 15.3 Å². The van der Waals surface area contributed by atoms with Crippen LogP contribution < -0.4 is 10.6 Å². The van der Waals surface area contributed by atoms with Crippen molar-refractivity contribution in [2.75, 3.05) is 5.32 Å². The maximum absolute atomic E-state index is 12.0. The minimum atomic E-state index is -0.236. The number of carbonyl (C=O) groups is 1. The largest absolute Gasteiger partial charge is 0.334 e. The van der Waals surface area contributed by atoms with Crippen LogP contribution in [-0.4, -0.2) is 16.0 Å². The zero-order valence-corrected chi connectivity index (χ0v) is 14.3. The molecule has 3 aromatic rings. The molecule has 0 unspecified atom stereocenters. The van der Waals surface area contributed by atoms with E-state index in [1.54, 1.807) is 6.20 Å². The van der Waals surface area contributed by atoms with Gasteiger partial charge in [-0.05, 0) is 49.7 Å². The molecule has 3 rings (SSSR count). The van der Waals surface area contributed by atoms with E-state index in [9.17, 15) is 4.79 Å². The minimum Gasteiger partial charge on any atom is -0.334 e. The van der Waals surface area contributed by atoms with E-state index in [0.717, 1.165) is 22.5 Å². The molecule has 1 aromatic heterocycles. The molecule has 5 nitrogen and oxygen atoms in total. The quantitative estimate of drug-likeness (QED) is 0.756. The number of carbonyl (C=O) groups excluding carboxylic acids is 1. The molecule has 0 radical (unpaired) electrons. The first kappa shape index (κ1) is 16.6. The highest BCUT2D eigenvalue weighted by atomic mass is 16.2. The maximum Gasteiger partial charge on any atom is 0.319 e. The number of aryl methyl sites for hydroxylation is 2. The maximum atomic E-state index is 12.0. The van der Waals surface area contributed by atoms with E-state index in [1.165, 1.54) is 5.56 Å². The molecule has 0 aliphatic rings. The van der Waals surface area contributed by atoms with E-state index >= 15 is 0 Å². The van der Waals surface area contributed by atoms with Gasteiger partial charge in [-0.2, -0.15) is 0 Å². The lowest BCUT2D eigenvalue weighted by molar-refractivity contribution is 0.251. The average molecular weight is 332 g/mol. The number of anilines is 1. The van der Waals surface area contributed by atoms with Crippen LogP contribution in [-0.2, 0) is 6.54 Å². The normalized spacial score (nSPS) is 10.3. The Hall–Kier alpha value is -3.21. The van der Waals surface area contributed by atoms with Crippen LogP contribution in [0.25, 0.3) is 11.4 Å². The number of hydrogen-bond donors (Lipinski definition) is 2. The Morgan fingerprint density at radius 2 is 1.68 bits per heavy atom. The predicted octanol–water partition coefficient (Wildman–Crippen LogP) is 4.08. The lowest BCUT2D eigenvalue weighted by atomic mass is 10.1. The van der Waals surface area contributed by atoms with Gasteiger partial charge < -0.3 is 10.6 Å². The lowest BCUT2D eigenvalue weighted by Crippen LogP contribution is -2.28. The van der Waals surface area contributed by atoms with Crippen molar-refractivity contribution in [2.24, 2.45) is 0 Å². The first-order chi connectivity index (χ1) is 12.1. The summed E-state index contributed by atoms with van der Waals surface area (Å²) in [6.45, 7) is 4.45. The summed E-state index contributed by atoms with van der Waals surface area (Å²) in [4.78, 5) is 20.7. The number of urea groups is 1.